The summed E-state index contributed by atoms with van der Waals surface area (Å²) >= 11 is 15.1. The van der Waals surface area contributed by atoms with Crippen molar-refractivity contribution < 1.29 is 9.47 Å². The molecule has 0 fully saturated rings. The first-order chi connectivity index (χ1) is 19.6. The molecule has 0 aliphatic carbocycles. The fourth-order valence-electron chi connectivity index (χ4n) is 5.05. The average molecular weight is 879 g/mol. The van der Waals surface area contributed by atoms with Crippen LogP contribution in [0.3, 0.4) is 0 Å². The molecule has 3 rings (SSSR count). The lowest BCUT2D eigenvalue weighted by molar-refractivity contribution is 0.312. The molecule has 9 heteroatoms. The van der Waals surface area contributed by atoms with E-state index in [9.17, 15) is 0 Å². The van der Waals surface area contributed by atoms with Crippen LogP contribution < -0.4 is 25.0 Å². The Morgan fingerprint density at radius 2 is 1.07 bits per heavy atom. The first-order valence-corrected chi connectivity index (χ1v) is 27.1. The van der Waals surface area contributed by atoms with Gasteiger partial charge in [-0.3, -0.25) is 0 Å². The fraction of sp³-hybridized carbons (Fsp3) is 0.455. The molecule has 3 aromatic carbocycles. The molecule has 0 amide bonds. The molecule has 0 saturated heterocycles. The molecule has 0 atom stereocenters. The third kappa shape index (κ3) is 8.97. The minimum absolute atomic E-state index is 0.238. The average Bonchev–Trinajstić information content (AvgIpc) is 2.91. The van der Waals surface area contributed by atoms with Gasteiger partial charge in [-0.15, -0.1) is 0 Å². The number of rotatable bonds is 13. The van der Waals surface area contributed by atoms with Crippen LogP contribution in [0.25, 0.3) is 0 Å². The van der Waals surface area contributed by atoms with Crippen molar-refractivity contribution in [2.24, 2.45) is 0 Å². The molecule has 0 saturated carbocycles. The molecule has 3 aromatic rings. The number of hydrogen-bond acceptors (Lipinski definition) is 2. The molecule has 0 heterocycles. The summed E-state index contributed by atoms with van der Waals surface area (Å²) in [6.45, 7) is 22.9. The summed E-state index contributed by atoms with van der Waals surface area (Å²) < 4.78 is 16.2. The molecule has 0 aromatic heterocycles. The van der Waals surface area contributed by atoms with Gasteiger partial charge in [-0.2, -0.15) is 0 Å². The highest BCUT2D eigenvalue weighted by atomic mass is 79.9. The summed E-state index contributed by atoms with van der Waals surface area (Å²) in [5, 5.41) is 4.91. The summed E-state index contributed by atoms with van der Waals surface area (Å²) in [5.41, 5.74) is 2.15. The van der Waals surface area contributed by atoms with E-state index in [1.54, 1.807) is 15.6 Å². The van der Waals surface area contributed by atoms with Gasteiger partial charge in [0.2, 0.25) is 0 Å². The quantitative estimate of drug-likeness (QED) is 0.126. The molecule has 42 heavy (non-hydrogen) atoms. The van der Waals surface area contributed by atoms with Crippen molar-refractivity contribution in [3.63, 3.8) is 0 Å². The van der Waals surface area contributed by atoms with Crippen LogP contribution >= 0.6 is 63.7 Å². The van der Waals surface area contributed by atoms with Crippen LogP contribution in [0.2, 0.25) is 45.3 Å². The maximum Gasteiger partial charge on any atom is 0.147 e. The Morgan fingerprint density at radius 3 is 1.45 bits per heavy atom. The Labute approximate surface area is 292 Å². The summed E-state index contributed by atoms with van der Waals surface area (Å²) in [7, 11) is -3.24. The summed E-state index contributed by atoms with van der Waals surface area (Å²) in [6.07, 6.45) is 2.02. The molecule has 0 radical (unpaired) electrons. The minimum Gasteiger partial charge on any atom is -0.491 e. The van der Waals surface area contributed by atoms with E-state index in [-0.39, 0.29) is 5.41 Å². The molecule has 230 valence electrons. The zero-order chi connectivity index (χ0) is 31.4. The van der Waals surface area contributed by atoms with Gasteiger partial charge in [-0.1, -0.05) is 99.9 Å². The molecular weight excluding hydrogens is 832 g/mol. The predicted octanol–water partition coefficient (Wildman–Crippen LogP) is 9.62. The van der Waals surface area contributed by atoms with Crippen LogP contribution in [0.4, 0.5) is 0 Å². The zero-order valence-electron chi connectivity index (χ0n) is 26.6. The van der Waals surface area contributed by atoms with Crippen molar-refractivity contribution in [1.29, 1.82) is 0 Å². The van der Waals surface area contributed by atoms with Crippen molar-refractivity contribution in [3.05, 3.63) is 71.5 Å². The molecule has 0 aliphatic rings. The van der Waals surface area contributed by atoms with Crippen molar-refractivity contribution in [2.45, 2.75) is 84.4 Å². The molecule has 2 nitrogen and oxygen atoms in total. The molecular formula is C33H46Br4O2Si3. The number of benzene rings is 3. The Bertz CT molecular complexity index is 1320. The second kappa shape index (κ2) is 15.4. The maximum atomic E-state index is 6.40. The molecule has 0 unspecified atom stereocenters. The topological polar surface area (TPSA) is 18.5 Å². The van der Waals surface area contributed by atoms with Crippen LogP contribution in [-0.2, 0) is 5.41 Å². The van der Waals surface area contributed by atoms with Gasteiger partial charge in [0, 0.05) is 5.41 Å². The molecule has 0 spiro atoms. The Morgan fingerprint density at radius 1 is 0.667 bits per heavy atom. The Balaban J connectivity index is 1.73. The van der Waals surface area contributed by atoms with E-state index in [1.165, 1.54) is 17.2 Å². The van der Waals surface area contributed by atoms with E-state index in [2.05, 4.69) is 166 Å². The summed E-state index contributed by atoms with van der Waals surface area (Å²) in [4.78, 5) is 0. The lowest BCUT2D eigenvalue weighted by atomic mass is 9.78. The van der Waals surface area contributed by atoms with E-state index in [0.29, 0.717) is 13.2 Å². The van der Waals surface area contributed by atoms with Gasteiger partial charge in [-0.25, -0.2) is 0 Å². The van der Waals surface area contributed by atoms with Gasteiger partial charge in [0.15, 0.2) is 0 Å². The predicted molar refractivity (Wildman–Crippen MR) is 207 cm³/mol. The van der Waals surface area contributed by atoms with Gasteiger partial charge in [0.05, 0.1) is 56.8 Å². The van der Waals surface area contributed by atoms with Gasteiger partial charge < -0.3 is 9.47 Å². The largest absolute Gasteiger partial charge is 0.491 e. The Kier molecular flexibility index (Phi) is 13.3. The van der Waals surface area contributed by atoms with Gasteiger partial charge in [-0.05, 0) is 112 Å². The zero-order valence-corrected chi connectivity index (χ0v) is 36.2. The first kappa shape index (κ1) is 36.3. The summed E-state index contributed by atoms with van der Waals surface area (Å²) in [5.74, 6) is 1.73. The van der Waals surface area contributed by atoms with Crippen molar-refractivity contribution in [3.8, 4) is 11.5 Å². The van der Waals surface area contributed by atoms with Crippen molar-refractivity contribution >= 4 is 105 Å². The lowest BCUT2D eigenvalue weighted by Gasteiger charge is -2.28. The SMILES string of the molecule is CCCOc1c(Br)cc(C(C)(C)c2cc(Br)c(OCCC[Si](C)(C)c3cc([SiH](C)C)cc([SiH](C)C)c3)c(Br)c2)cc1Br. The van der Waals surface area contributed by atoms with Crippen LogP contribution in [-0.4, -0.2) is 38.9 Å². The van der Waals surface area contributed by atoms with E-state index >= 15 is 0 Å². The van der Waals surface area contributed by atoms with E-state index in [0.717, 1.165) is 42.2 Å². The second-order valence-corrected chi connectivity index (χ2v) is 27.3. The standard InChI is InChI=1S/C33H46Br4O2Si3/c1-10-12-38-31-27(34)15-22(16-28(31)35)33(2,3)23-17-29(36)32(30(37)18-23)39-13-11-14-42(8,9)26-20-24(40(4)5)19-25(21-26)41(6)7/h15-21,40-41H,10-14H2,1-9H3. The minimum atomic E-state index is -1.57. The number of halogens is 4. The van der Waals surface area contributed by atoms with Crippen molar-refractivity contribution in [2.75, 3.05) is 13.2 Å². The highest BCUT2D eigenvalue weighted by molar-refractivity contribution is 9.11. The number of hydrogen-bond donors (Lipinski definition) is 0. The van der Waals surface area contributed by atoms with Gasteiger partial charge in [0.25, 0.3) is 0 Å². The fourth-order valence-corrected chi connectivity index (χ4v) is 12.9. The van der Waals surface area contributed by atoms with Crippen molar-refractivity contribution in [1.82, 2.24) is 0 Å². The van der Waals surface area contributed by atoms with E-state index in [4.69, 9.17) is 9.47 Å². The van der Waals surface area contributed by atoms with Gasteiger partial charge in [0.1, 0.15) is 11.5 Å². The van der Waals surface area contributed by atoms with E-state index < -0.39 is 25.7 Å². The lowest BCUT2D eigenvalue weighted by Crippen LogP contribution is -2.47. The maximum absolute atomic E-state index is 6.40. The third-order valence-corrected chi connectivity index (χ3v) is 17.3. The monoisotopic (exact) mass is 874 g/mol. The smallest absolute Gasteiger partial charge is 0.147 e. The third-order valence-electron chi connectivity index (χ3n) is 8.18. The highest BCUT2D eigenvalue weighted by Gasteiger charge is 2.28. The first-order valence-electron chi connectivity index (χ1n) is 15.0. The van der Waals surface area contributed by atoms with E-state index in [1.807, 2.05) is 0 Å². The highest BCUT2D eigenvalue weighted by Crippen LogP contribution is 2.44. The normalized spacial score (nSPS) is 12.4. The second-order valence-electron chi connectivity index (χ2n) is 13.0. The number of ether oxygens (including phenoxy) is 2. The van der Waals surface area contributed by atoms with Crippen LogP contribution in [0, 0.1) is 0 Å². The summed E-state index contributed by atoms with van der Waals surface area (Å²) in [6, 6.07) is 17.6. The van der Waals surface area contributed by atoms with Gasteiger partial charge >= 0.3 is 0 Å². The molecule has 0 bridgehead atoms. The Hall–Kier alpha value is -0.169. The van der Waals surface area contributed by atoms with Crippen LogP contribution in [0.15, 0.2) is 60.4 Å². The molecule has 0 N–H and O–H groups in total. The van der Waals surface area contributed by atoms with Crippen LogP contribution in [0.1, 0.15) is 44.7 Å². The molecule has 0 aliphatic heterocycles. The van der Waals surface area contributed by atoms with Crippen LogP contribution in [0.5, 0.6) is 11.5 Å².